The number of hydrogen-bond donors (Lipinski definition) is 2. The number of nitrogens with one attached hydrogen (secondary N) is 2. The zero-order chi connectivity index (χ0) is 20.9. The first-order chi connectivity index (χ1) is 13.8. The van der Waals surface area contributed by atoms with E-state index in [0.717, 1.165) is 5.56 Å². The Bertz CT molecular complexity index is 847. The van der Waals surface area contributed by atoms with E-state index in [1.807, 2.05) is 13.0 Å². The molecule has 0 bridgehead atoms. The van der Waals surface area contributed by atoms with Crippen molar-refractivity contribution in [3.63, 3.8) is 0 Å². The van der Waals surface area contributed by atoms with Crippen molar-refractivity contribution in [3.05, 3.63) is 35.2 Å². The molecule has 2 N–H and O–H groups in total. The molecule has 0 radical (unpaired) electrons. The third-order valence-electron chi connectivity index (χ3n) is 4.28. The van der Waals surface area contributed by atoms with Gasteiger partial charge in [0, 0.05) is 36.3 Å². The highest BCUT2D eigenvalue weighted by atomic mass is 127. The maximum Gasteiger partial charge on any atom is 0.401 e. The maximum atomic E-state index is 12.5. The zero-order valence-corrected chi connectivity index (χ0v) is 19.3. The summed E-state index contributed by atoms with van der Waals surface area (Å²) in [6, 6.07) is 6.99. The predicted octanol–water partition coefficient (Wildman–Crippen LogP) is 3.70. The van der Waals surface area contributed by atoms with Crippen LogP contribution in [-0.4, -0.2) is 59.4 Å². The van der Waals surface area contributed by atoms with E-state index in [2.05, 4.69) is 25.8 Å². The van der Waals surface area contributed by atoms with Gasteiger partial charge in [-0.15, -0.1) is 24.0 Å². The summed E-state index contributed by atoms with van der Waals surface area (Å²) in [5.41, 5.74) is 0.734. The number of alkyl halides is 3. The monoisotopic (exact) mass is 558 g/mol. The minimum absolute atomic E-state index is 0. The number of nitrogens with zero attached hydrogens (tertiary/aromatic N) is 4. The first-order valence-electron chi connectivity index (χ1n) is 9.25. The summed E-state index contributed by atoms with van der Waals surface area (Å²) >= 11 is 5.98. The fourth-order valence-electron chi connectivity index (χ4n) is 3.07. The Labute approximate surface area is 194 Å². The Hall–Kier alpha value is -1.60. The molecule has 166 valence electrons. The minimum atomic E-state index is -4.19. The lowest BCUT2D eigenvalue weighted by atomic mass is 10.2. The van der Waals surface area contributed by atoms with Crippen LogP contribution in [0.1, 0.15) is 19.2 Å². The topological polar surface area (TPSA) is 78.6 Å². The first kappa shape index (κ1) is 24.7. The molecule has 0 saturated carbocycles. The van der Waals surface area contributed by atoms with Gasteiger partial charge >= 0.3 is 6.18 Å². The summed E-state index contributed by atoms with van der Waals surface area (Å²) in [6.45, 7) is 2.47. The van der Waals surface area contributed by atoms with E-state index in [-0.39, 0.29) is 36.6 Å². The van der Waals surface area contributed by atoms with Gasteiger partial charge in [0.15, 0.2) is 5.96 Å². The van der Waals surface area contributed by atoms with Gasteiger partial charge < -0.3 is 15.2 Å². The third-order valence-corrected chi connectivity index (χ3v) is 4.52. The number of aromatic nitrogens is 2. The molecule has 1 aliphatic heterocycles. The van der Waals surface area contributed by atoms with E-state index < -0.39 is 12.7 Å². The Kier molecular flexibility index (Phi) is 9.16. The van der Waals surface area contributed by atoms with Crippen molar-refractivity contribution < 1.29 is 17.7 Å². The number of likely N-dealkylation sites (tertiary alicyclic amines) is 1. The van der Waals surface area contributed by atoms with Crippen LogP contribution in [0.3, 0.4) is 0 Å². The van der Waals surface area contributed by atoms with Crippen molar-refractivity contribution in [2.75, 3.05) is 26.2 Å². The van der Waals surface area contributed by atoms with Crippen molar-refractivity contribution in [2.24, 2.45) is 4.99 Å². The molecule has 7 nitrogen and oxygen atoms in total. The molecule has 0 spiro atoms. The molecule has 12 heteroatoms. The average Bonchev–Trinajstić information content (AvgIpc) is 3.28. The van der Waals surface area contributed by atoms with Gasteiger partial charge in [-0.1, -0.05) is 28.9 Å². The summed E-state index contributed by atoms with van der Waals surface area (Å²) in [6.07, 6.45) is -3.58. The molecular weight excluding hydrogens is 536 g/mol. The van der Waals surface area contributed by atoms with Crippen LogP contribution >= 0.6 is 35.6 Å². The third kappa shape index (κ3) is 7.58. The molecule has 0 aliphatic carbocycles. The summed E-state index contributed by atoms with van der Waals surface area (Å²) in [5, 5.41) is 10.8. The highest BCUT2D eigenvalue weighted by molar-refractivity contribution is 14.0. The number of rotatable bonds is 6. The van der Waals surface area contributed by atoms with Gasteiger partial charge in [-0.05, 0) is 25.5 Å². The summed E-state index contributed by atoms with van der Waals surface area (Å²) in [4.78, 5) is 10.1. The molecular formula is C18H23ClF3IN6O. The van der Waals surface area contributed by atoms with Crippen LogP contribution in [0.5, 0.6) is 0 Å². The quantitative estimate of drug-likeness (QED) is 0.320. The Morgan fingerprint density at radius 1 is 1.40 bits per heavy atom. The van der Waals surface area contributed by atoms with Crippen molar-refractivity contribution in [1.29, 1.82) is 0 Å². The number of aliphatic imine (C=N–C) groups is 1. The summed E-state index contributed by atoms with van der Waals surface area (Å²) in [5.74, 6) is 1.23. The predicted molar refractivity (Wildman–Crippen MR) is 119 cm³/mol. The number of guanidine groups is 1. The van der Waals surface area contributed by atoms with Crippen LogP contribution in [-0.2, 0) is 6.54 Å². The van der Waals surface area contributed by atoms with Crippen molar-refractivity contribution in [3.8, 4) is 11.4 Å². The molecule has 1 atom stereocenters. The number of benzene rings is 1. The fourth-order valence-corrected chi connectivity index (χ4v) is 3.26. The summed E-state index contributed by atoms with van der Waals surface area (Å²) < 4.78 is 42.9. The molecule has 1 saturated heterocycles. The molecule has 1 aromatic heterocycles. The van der Waals surface area contributed by atoms with Gasteiger partial charge in [-0.2, -0.15) is 18.2 Å². The number of hydrogen-bond acceptors (Lipinski definition) is 5. The zero-order valence-electron chi connectivity index (χ0n) is 16.2. The normalized spacial score (nSPS) is 17.6. The van der Waals surface area contributed by atoms with Gasteiger partial charge in [-0.3, -0.25) is 4.90 Å². The van der Waals surface area contributed by atoms with Gasteiger partial charge in [0.05, 0.1) is 6.54 Å². The van der Waals surface area contributed by atoms with Crippen molar-refractivity contribution in [1.82, 2.24) is 25.7 Å². The van der Waals surface area contributed by atoms with Crippen LogP contribution in [0.2, 0.25) is 5.02 Å². The van der Waals surface area contributed by atoms with E-state index in [4.69, 9.17) is 16.1 Å². The van der Waals surface area contributed by atoms with Crippen molar-refractivity contribution >= 4 is 41.5 Å². The van der Waals surface area contributed by atoms with Gasteiger partial charge in [0.1, 0.15) is 6.54 Å². The first-order valence-corrected chi connectivity index (χ1v) is 9.62. The Morgan fingerprint density at radius 3 is 2.90 bits per heavy atom. The standard InChI is InChI=1S/C18H22ClF3N6O.HI/c1-2-23-17(25-14-6-7-28(10-14)11-18(20,21)22)24-9-15-26-16(27-29-15)12-4-3-5-13(19)8-12;/h3-5,8,14H,2,6-7,9-11H2,1H3,(H2,23,24,25);1H. The van der Waals surface area contributed by atoms with E-state index in [0.29, 0.717) is 48.8 Å². The highest BCUT2D eigenvalue weighted by Gasteiger charge is 2.34. The van der Waals surface area contributed by atoms with E-state index in [9.17, 15) is 13.2 Å². The molecule has 1 fully saturated rings. The SMILES string of the molecule is CCNC(=NCc1nc(-c2cccc(Cl)c2)no1)NC1CCN(CC(F)(F)F)C1.I. The molecule has 0 amide bonds. The van der Waals surface area contributed by atoms with Gasteiger partial charge in [-0.25, -0.2) is 4.99 Å². The number of halogens is 5. The average molecular weight is 559 g/mol. The maximum absolute atomic E-state index is 12.5. The molecule has 1 aliphatic rings. The lowest BCUT2D eigenvalue weighted by Crippen LogP contribution is -2.45. The van der Waals surface area contributed by atoms with E-state index in [1.54, 1.807) is 18.2 Å². The minimum Gasteiger partial charge on any atom is -0.357 e. The molecule has 1 unspecified atom stereocenters. The lowest BCUT2D eigenvalue weighted by molar-refractivity contribution is -0.143. The smallest absolute Gasteiger partial charge is 0.357 e. The second-order valence-corrected chi connectivity index (χ2v) is 7.13. The Balaban J connectivity index is 0.00000320. The highest BCUT2D eigenvalue weighted by Crippen LogP contribution is 2.21. The van der Waals surface area contributed by atoms with Crippen LogP contribution in [0, 0.1) is 0 Å². The largest absolute Gasteiger partial charge is 0.401 e. The van der Waals surface area contributed by atoms with Crippen LogP contribution in [0.15, 0.2) is 33.8 Å². The molecule has 2 aromatic rings. The van der Waals surface area contributed by atoms with Crippen LogP contribution < -0.4 is 10.6 Å². The lowest BCUT2D eigenvalue weighted by Gasteiger charge is -2.19. The van der Waals surface area contributed by atoms with Crippen molar-refractivity contribution in [2.45, 2.75) is 32.1 Å². The molecule has 2 heterocycles. The van der Waals surface area contributed by atoms with Gasteiger partial charge in [0.25, 0.3) is 0 Å². The second-order valence-electron chi connectivity index (χ2n) is 6.70. The fraction of sp³-hybridized carbons (Fsp3) is 0.500. The molecule has 3 rings (SSSR count). The van der Waals surface area contributed by atoms with E-state index >= 15 is 0 Å². The van der Waals surface area contributed by atoms with Crippen LogP contribution in [0.4, 0.5) is 13.2 Å². The van der Waals surface area contributed by atoms with Crippen LogP contribution in [0.25, 0.3) is 11.4 Å². The summed E-state index contributed by atoms with van der Waals surface area (Å²) in [7, 11) is 0. The van der Waals surface area contributed by atoms with E-state index in [1.165, 1.54) is 4.90 Å². The molecule has 30 heavy (non-hydrogen) atoms. The molecule has 1 aromatic carbocycles. The Morgan fingerprint density at radius 2 is 2.20 bits per heavy atom. The second kappa shape index (κ2) is 11.1. The van der Waals surface area contributed by atoms with Gasteiger partial charge in [0.2, 0.25) is 11.7 Å².